The number of aromatic nitrogens is 1. The van der Waals surface area contributed by atoms with E-state index in [0.717, 1.165) is 17.9 Å². The van der Waals surface area contributed by atoms with Gasteiger partial charge in [-0.15, -0.1) is 0 Å². The molecule has 0 radical (unpaired) electrons. The van der Waals surface area contributed by atoms with Gasteiger partial charge in [0, 0.05) is 24.6 Å². The number of aliphatic hydroxyl groups excluding tert-OH is 1. The number of amides is 1. The molecule has 0 saturated carbocycles. The molecule has 0 spiro atoms. The lowest BCUT2D eigenvalue weighted by atomic mass is 9.98. The molecular weight excluding hydrogens is 374 g/mol. The monoisotopic (exact) mass is 403 g/mol. The smallest absolute Gasteiger partial charge is 0.251 e. The second-order valence-electron chi connectivity index (χ2n) is 7.61. The summed E-state index contributed by atoms with van der Waals surface area (Å²) in [5.41, 5.74) is 1.37. The molecule has 0 unspecified atom stereocenters. The number of methoxy groups -OCH3 is 1. The maximum Gasteiger partial charge on any atom is 0.251 e. The van der Waals surface area contributed by atoms with E-state index >= 15 is 0 Å². The average Bonchev–Trinajstić information content (AvgIpc) is 3.14. The first-order chi connectivity index (χ1) is 13.9. The van der Waals surface area contributed by atoms with Crippen LogP contribution in [-0.4, -0.2) is 67.1 Å². The molecule has 1 amide bonds. The maximum atomic E-state index is 12.3. The number of carbonyl (C=O) groups is 1. The quantitative estimate of drug-likeness (QED) is 0.691. The first kappa shape index (κ1) is 21.3. The summed E-state index contributed by atoms with van der Waals surface area (Å²) in [6, 6.07) is 8.81. The van der Waals surface area contributed by atoms with Crippen molar-refractivity contribution in [2.45, 2.75) is 44.1 Å². The van der Waals surface area contributed by atoms with Crippen molar-refractivity contribution in [1.29, 1.82) is 0 Å². The van der Waals surface area contributed by atoms with E-state index in [2.05, 4.69) is 10.5 Å². The lowest BCUT2D eigenvalue weighted by molar-refractivity contribution is -0.114. The molecule has 3 atom stereocenters. The molecule has 158 valence electrons. The van der Waals surface area contributed by atoms with Crippen molar-refractivity contribution >= 4 is 5.91 Å². The van der Waals surface area contributed by atoms with Crippen molar-refractivity contribution in [2.24, 2.45) is 0 Å². The first-order valence-electron chi connectivity index (χ1n) is 9.79. The number of benzene rings is 1. The second-order valence-corrected chi connectivity index (χ2v) is 7.61. The Morgan fingerprint density at radius 3 is 2.76 bits per heavy atom. The normalized spacial score (nSPS) is 21.9. The first-order valence-corrected chi connectivity index (χ1v) is 9.79. The van der Waals surface area contributed by atoms with Crippen molar-refractivity contribution in [3.05, 3.63) is 47.3 Å². The van der Waals surface area contributed by atoms with Gasteiger partial charge in [-0.3, -0.25) is 4.79 Å². The molecule has 1 saturated heterocycles. The molecule has 2 heterocycles. The van der Waals surface area contributed by atoms with Crippen LogP contribution in [0.15, 0.2) is 34.9 Å². The maximum absolute atomic E-state index is 12.3. The molecule has 8 nitrogen and oxygen atoms in total. The number of nitrogens with zero attached hydrogens (tertiary/aromatic N) is 2. The molecule has 1 aromatic heterocycles. The Balaban J connectivity index is 1.51. The Morgan fingerprint density at radius 1 is 1.31 bits per heavy atom. The molecule has 1 aromatic carbocycles. The van der Waals surface area contributed by atoms with E-state index in [1.54, 1.807) is 31.4 Å². The Bertz CT molecular complexity index is 790. The SMILES string of the molecule is COc1ccc(C(=O)NC[C@H]2O[C@H](Cc3cc(CN(C)C)on3)CC[C@@H]2O)cc1. The molecule has 1 aliphatic rings. The summed E-state index contributed by atoms with van der Waals surface area (Å²) in [7, 11) is 5.52. The second kappa shape index (κ2) is 9.87. The molecule has 1 aliphatic heterocycles. The zero-order valence-corrected chi connectivity index (χ0v) is 17.1. The van der Waals surface area contributed by atoms with Crippen molar-refractivity contribution in [3.63, 3.8) is 0 Å². The summed E-state index contributed by atoms with van der Waals surface area (Å²) in [5.74, 6) is 1.29. The lowest BCUT2D eigenvalue weighted by Gasteiger charge is -2.33. The fourth-order valence-electron chi connectivity index (χ4n) is 3.39. The van der Waals surface area contributed by atoms with Crippen molar-refractivity contribution in [1.82, 2.24) is 15.4 Å². The summed E-state index contributed by atoms with van der Waals surface area (Å²) >= 11 is 0. The zero-order chi connectivity index (χ0) is 20.8. The van der Waals surface area contributed by atoms with E-state index in [4.69, 9.17) is 14.0 Å². The van der Waals surface area contributed by atoms with Gasteiger partial charge >= 0.3 is 0 Å². The summed E-state index contributed by atoms with van der Waals surface area (Å²) in [6.45, 7) is 0.935. The minimum absolute atomic E-state index is 0.0707. The van der Waals surface area contributed by atoms with E-state index in [-0.39, 0.29) is 18.6 Å². The Labute approximate surface area is 170 Å². The van der Waals surface area contributed by atoms with Crippen LogP contribution in [0, 0.1) is 0 Å². The molecule has 0 bridgehead atoms. The summed E-state index contributed by atoms with van der Waals surface area (Å²) in [4.78, 5) is 14.4. The number of carbonyl (C=O) groups excluding carboxylic acids is 1. The minimum atomic E-state index is -0.607. The van der Waals surface area contributed by atoms with Crippen molar-refractivity contribution in [2.75, 3.05) is 27.7 Å². The fraction of sp³-hybridized carbons (Fsp3) is 0.524. The fourth-order valence-corrected chi connectivity index (χ4v) is 3.39. The van der Waals surface area contributed by atoms with Gasteiger partial charge in [-0.05, 0) is 51.2 Å². The van der Waals surface area contributed by atoms with Crippen LogP contribution in [0.1, 0.15) is 34.7 Å². The van der Waals surface area contributed by atoms with E-state index in [1.165, 1.54) is 0 Å². The molecular formula is C21H29N3O5. The zero-order valence-electron chi connectivity index (χ0n) is 17.1. The van der Waals surface area contributed by atoms with Crippen LogP contribution in [0.3, 0.4) is 0 Å². The molecule has 0 aliphatic carbocycles. The Hall–Kier alpha value is -2.42. The van der Waals surface area contributed by atoms with Gasteiger partial charge in [0.1, 0.15) is 11.9 Å². The van der Waals surface area contributed by atoms with Gasteiger partial charge in [0.25, 0.3) is 5.91 Å². The van der Waals surface area contributed by atoms with Gasteiger partial charge in [-0.25, -0.2) is 0 Å². The topological polar surface area (TPSA) is 97.1 Å². The van der Waals surface area contributed by atoms with Gasteiger partial charge in [0.2, 0.25) is 0 Å². The van der Waals surface area contributed by atoms with Crippen LogP contribution >= 0.6 is 0 Å². The molecule has 1 fully saturated rings. The lowest BCUT2D eigenvalue weighted by Crippen LogP contribution is -2.46. The predicted octanol–water partition coefficient (Wildman–Crippen LogP) is 1.63. The Morgan fingerprint density at radius 2 is 2.07 bits per heavy atom. The number of ether oxygens (including phenoxy) is 2. The van der Waals surface area contributed by atoms with Gasteiger partial charge in [0.05, 0.1) is 31.6 Å². The van der Waals surface area contributed by atoms with Crippen LogP contribution in [0.2, 0.25) is 0 Å². The summed E-state index contributed by atoms with van der Waals surface area (Å²) in [6.07, 6.45) is 0.842. The number of hydrogen-bond donors (Lipinski definition) is 2. The van der Waals surface area contributed by atoms with Crippen molar-refractivity contribution in [3.8, 4) is 5.75 Å². The van der Waals surface area contributed by atoms with Gasteiger partial charge < -0.3 is 29.3 Å². The molecule has 3 rings (SSSR count). The number of nitrogens with one attached hydrogen (secondary N) is 1. The third-order valence-corrected chi connectivity index (χ3v) is 4.91. The summed E-state index contributed by atoms with van der Waals surface area (Å²) in [5, 5.41) is 17.2. The highest BCUT2D eigenvalue weighted by molar-refractivity contribution is 5.94. The number of rotatable bonds is 8. The van der Waals surface area contributed by atoms with Crippen molar-refractivity contribution < 1.29 is 23.9 Å². The molecule has 2 N–H and O–H groups in total. The van der Waals surface area contributed by atoms with Crippen LogP contribution in [0.25, 0.3) is 0 Å². The van der Waals surface area contributed by atoms with Crippen LogP contribution in [-0.2, 0) is 17.7 Å². The van der Waals surface area contributed by atoms with Gasteiger partial charge in [-0.1, -0.05) is 5.16 Å². The van der Waals surface area contributed by atoms with E-state index in [0.29, 0.717) is 30.7 Å². The number of hydrogen-bond acceptors (Lipinski definition) is 7. The van der Waals surface area contributed by atoms with Crippen LogP contribution in [0.4, 0.5) is 0 Å². The average molecular weight is 403 g/mol. The summed E-state index contributed by atoms with van der Waals surface area (Å²) < 4.78 is 16.5. The molecule has 2 aromatic rings. The standard InChI is InChI=1S/C21H29N3O5/c1-24(2)13-18-11-15(23-29-18)10-17-8-9-19(25)20(28-17)12-22-21(26)14-4-6-16(27-3)7-5-14/h4-7,11,17,19-20,25H,8-10,12-13H2,1-3H3,(H,22,26)/t17-,19-,20+/m0/s1. The highest BCUT2D eigenvalue weighted by Crippen LogP contribution is 2.23. The van der Waals surface area contributed by atoms with E-state index in [1.807, 2.05) is 25.1 Å². The molecule has 8 heteroatoms. The third kappa shape index (κ3) is 6.03. The van der Waals surface area contributed by atoms with Crippen LogP contribution in [0.5, 0.6) is 5.75 Å². The largest absolute Gasteiger partial charge is 0.497 e. The molecule has 29 heavy (non-hydrogen) atoms. The highest BCUT2D eigenvalue weighted by Gasteiger charge is 2.31. The third-order valence-electron chi connectivity index (χ3n) is 4.91. The van der Waals surface area contributed by atoms with Gasteiger partial charge in [0.15, 0.2) is 5.76 Å². The number of aliphatic hydroxyl groups is 1. The minimum Gasteiger partial charge on any atom is -0.497 e. The Kier molecular flexibility index (Phi) is 7.24. The van der Waals surface area contributed by atoms with Crippen LogP contribution < -0.4 is 10.1 Å². The van der Waals surface area contributed by atoms with Gasteiger partial charge in [-0.2, -0.15) is 0 Å². The van der Waals surface area contributed by atoms with E-state index in [9.17, 15) is 9.90 Å². The van der Waals surface area contributed by atoms with E-state index < -0.39 is 12.2 Å². The highest BCUT2D eigenvalue weighted by atomic mass is 16.5. The predicted molar refractivity (Wildman–Crippen MR) is 107 cm³/mol.